The summed E-state index contributed by atoms with van der Waals surface area (Å²) in [7, 11) is 0. The van der Waals surface area contributed by atoms with Crippen molar-refractivity contribution in [3.05, 3.63) is 64.7 Å². The summed E-state index contributed by atoms with van der Waals surface area (Å²) in [4.78, 5) is 24.2. The van der Waals surface area contributed by atoms with E-state index in [4.69, 9.17) is 4.74 Å². The minimum Gasteiger partial charge on any atom is -0.493 e. The van der Waals surface area contributed by atoms with Crippen LogP contribution in [-0.4, -0.2) is 23.6 Å². The van der Waals surface area contributed by atoms with E-state index in [0.29, 0.717) is 24.3 Å². The molecular weight excluding hydrogens is 356 g/mol. The van der Waals surface area contributed by atoms with Crippen LogP contribution in [0.25, 0.3) is 0 Å². The number of halogens is 2. The SMILES string of the molecule is O=C(O)C(NC(=O)C1CC1c1c(F)cccc1F)c1ccc2c(c1)CCO2. The van der Waals surface area contributed by atoms with E-state index >= 15 is 0 Å². The Morgan fingerprint density at radius 2 is 1.93 bits per heavy atom. The number of ether oxygens (including phenoxy) is 1. The van der Waals surface area contributed by atoms with Crippen LogP contribution in [-0.2, 0) is 16.0 Å². The fourth-order valence-electron chi connectivity index (χ4n) is 3.59. The number of carbonyl (C=O) groups excluding carboxylic acids is 1. The van der Waals surface area contributed by atoms with Crippen LogP contribution in [0.1, 0.15) is 35.1 Å². The van der Waals surface area contributed by atoms with E-state index in [1.807, 2.05) is 0 Å². The quantitative estimate of drug-likeness (QED) is 0.845. The van der Waals surface area contributed by atoms with Gasteiger partial charge in [0.15, 0.2) is 6.04 Å². The molecule has 4 rings (SSSR count). The van der Waals surface area contributed by atoms with Gasteiger partial charge in [0.2, 0.25) is 5.91 Å². The third-order valence-corrected chi connectivity index (χ3v) is 5.08. The summed E-state index contributed by atoms with van der Waals surface area (Å²) in [6, 6.07) is 7.34. The number of hydrogen-bond acceptors (Lipinski definition) is 3. The Kier molecular flexibility index (Phi) is 4.30. The molecule has 2 aliphatic rings. The first kappa shape index (κ1) is 17.5. The lowest BCUT2D eigenvalue weighted by molar-refractivity contribution is -0.142. The average Bonchev–Trinajstić information content (AvgIpc) is 3.26. The third-order valence-electron chi connectivity index (χ3n) is 5.08. The molecule has 1 aliphatic heterocycles. The molecule has 27 heavy (non-hydrogen) atoms. The van der Waals surface area contributed by atoms with Gasteiger partial charge in [-0.05, 0) is 41.8 Å². The van der Waals surface area contributed by atoms with Gasteiger partial charge in [0.05, 0.1) is 6.61 Å². The second-order valence-electron chi connectivity index (χ2n) is 6.83. The van der Waals surface area contributed by atoms with Gasteiger partial charge in [-0.3, -0.25) is 4.79 Å². The van der Waals surface area contributed by atoms with Gasteiger partial charge >= 0.3 is 5.97 Å². The summed E-state index contributed by atoms with van der Waals surface area (Å²) in [6.45, 7) is 0.543. The van der Waals surface area contributed by atoms with Gasteiger partial charge in [0, 0.05) is 23.8 Å². The molecule has 0 spiro atoms. The van der Waals surface area contributed by atoms with Crippen LogP contribution in [0.3, 0.4) is 0 Å². The lowest BCUT2D eigenvalue weighted by Crippen LogP contribution is -2.35. The Labute approximate surface area is 154 Å². The lowest BCUT2D eigenvalue weighted by atomic mass is 10.0. The van der Waals surface area contributed by atoms with Crippen molar-refractivity contribution in [2.45, 2.75) is 24.8 Å². The molecule has 1 amide bonds. The van der Waals surface area contributed by atoms with Crippen molar-refractivity contribution in [1.82, 2.24) is 5.32 Å². The smallest absolute Gasteiger partial charge is 0.330 e. The molecule has 0 saturated heterocycles. The van der Waals surface area contributed by atoms with Crippen LogP contribution < -0.4 is 10.1 Å². The molecular formula is C20H17F2NO4. The van der Waals surface area contributed by atoms with Crippen LogP contribution in [0.5, 0.6) is 5.75 Å². The molecule has 2 aromatic carbocycles. The number of fused-ring (bicyclic) bond motifs is 1. The first-order valence-corrected chi connectivity index (χ1v) is 8.68. The maximum absolute atomic E-state index is 13.9. The molecule has 0 radical (unpaired) electrons. The lowest BCUT2D eigenvalue weighted by Gasteiger charge is -2.16. The number of nitrogens with one attached hydrogen (secondary N) is 1. The summed E-state index contributed by atoms with van der Waals surface area (Å²) < 4.78 is 33.2. The molecule has 3 atom stereocenters. The molecule has 1 heterocycles. The van der Waals surface area contributed by atoms with Crippen molar-refractivity contribution in [3.63, 3.8) is 0 Å². The van der Waals surface area contributed by atoms with Crippen LogP contribution in [0, 0.1) is 17.6 Å². The number of rotatable bonds is 5. The summed E-state index contributed by atoms with van der Waals surface area (Å²) in [5.74, 6) is -3.60. The second-order valence-corrected chi connectivity index (χ2v) is 6.83. The first-order valence-electron chi connectivity index (χ1n) is 8.68. The molecule has 2 aromatic rings. The zero-order valence-corrected chi connectivity index (χ0v) is 14.2. The van der Waals surface area contributed by atoms with Gasteiger partial charge in [0.25, 0.3) is 0 Å². The number of benzene rings is 2. The summed E-state index contributed by atoms with van der Waals surface area (Å²) in [5, 5.41) is 12.0. The highest BCUT2D eigenvalue weighted by atomic mass is 19.1. The Morgan fingerprint density at radius 3 is 2.63 bits per heavy atom. The third kappa shape index (κ3) is 3.25. The molecule has 1 aliphatic carbocycles. The van der Waals surface area contributed by atoms with Gasteiger partial charge in [-0.25, -0.2) is 13.6 Å². The number of carboxylic acid groups (broad SMARTS) is 1. The largest absolute Gasteiger partial charge is 0.493 e. The Bertz CT molecular complexity index is 910. The van der Waals surface area contributed by atoms with Gasteiger partial charge in [-0.1, -0.05) is 12.1 Å². The van der Waals surface area contributed by atoms with E-state index in [-0.39, 0.29) is 12.0 Å². The average molecular weight is 373 g/mol. The van der Waals surface area contributed by atoms with Crippen LogP contribution >= 0.6 is 0 Å². The minimum atomic E-state index is -1.23. The highest BCUT2D eigenvalue weighted by Gasteiger charge is 2.47. The number of amides is 1. The van der Waals surface area contributed by atoms with Crippen molar-refractivity contribution in [3.8, 4) is 5.75 Å². The molecule has 1 saturated carbocycles. The molecule has 3 unspecified atom stereocenters. The number of carbonyl (C=O) groups is 2. The van der Waals surface area contributed by atoms with Crippen LogP contribution in [0.4, 0.5) is 8.78 Å². The fraction of sp³-hybridized carbons (Fsp3) is 0.300. The number of aliphatic carboxylic acids is 1. The second kappa shape index (κ2) is 6.64. The highest BCUT2D eigenvalue weighted by molar-refractivity contribution is 5.88. The molecule has 2 N–H and O–H groups in total. The maximum atomic E-state index is 13.9. The predicted octanol–water partition coefficient (Wildman–Crippen LogP) is 2.95. The monoisotopic (exact) mass is 373 g/mol. The maximum Gasteiger partial charge on any atom is 0.330 e. The highest BCUT2D eigenvalue weighted by Crippen LogP contribution is 2.49. The van der Waals surface area contributed by atoms with Crippen molar-refractivity contribution >= 4 is 11.9 Å². The molecule has 1 fully saturated rings. The minimum absolute atomic E-state index is 0.112. The topological polar surface area (TPSA) is 75.6 Å². The van der Waals surface area contributed by atoms with Gasteiger partial charge < -0.3 is 15.2 Å². The normalized spacial score (nSPS) is 21.1. The standard InChI is InChI=1S/C20H17F2NO4/c21-14-2-1-3-15(22)17(14)12-9-13(12)19(24)23-18(20(25)26)11-4-5-16-10(8-11)6-7-27-16/h1-5,8,12-13,18H,6-7,9H2,(H,23,24)(H,25,26). The summed E-state index contributed by atoms with van der Waals surface area (Å²) in [6.07, 6.45) is 0.967. The van der Waals surface area contributed by atoms with Crippen molar-refractivity contribution in [2.24, 2.45) is 5.92 Å². The predicted molar refractivity (Wildman–Crippen MR) is 91.4 cm³/mol. The summed E-state index contributed by atoms with van der Waals surface area (Å²) in [5.41, 5.74) is 1.22. The molecule has 0 bridgehead atoms. The fourth-order valence-corrected chi connectivity index (χ4v) is 3.59. The Balaban J connectivity index is 1.50. The van der Waals surface area contributed by atoms with E-state index in [1.54, 1.807) is 18.2 Å². The Hall–Kier alpha value is -2.96. The zero-order chi connectivity index (χ0) is 19.1. The van der Waals surface area contributed by atoms with E-state index < -0.39 is 41.4 Å². The zero-order valence-electron chi connectivity index (χ0n) is 14.2. The molecule has 0 aromatic heterocycles. The van der Waals surface area contributed by atoms with E-state index in [1.165, 1.54) is 6.07 Å². The first-order chi connectivity index (χ1) is 13.0. The van der Waals surface area contributed by atoms with Crippen LogP contribution in [0.15, 0.2) is 36.4 Å². The number of carboxylic acids is 1. The Morgan fingerprint density at radius 1 is 1.19 bits per heavy atom. The van der Waals surface area contributed by atoms with Gasteiger partial charge in [0.1, 0.15) is 17.4 Å². The molecule has 5 nitrogen and oxygen atoms in total. The van der Waals surface area contributed by atoms with Crippen molar-refractivity contribution in [2.75, 3.05) is 6.61 Å². The van der Waals surface area contributed by atoms with E-state index in [2.05, 4.69) is 5.32 Å². The van der Waals surface area contributed by atoms with Gasteiger partial charge in [-0.2, -0.15) is 0 Å². The summed E-state index contributed by atoms with van der Waals surface area (Å²) >= 11 is 0. The van der Waals surface area contributed by atoms with E-state index in [9.17, 15) is 23.5 Å². The van der Waals surface area contributed by atoms with Crippen molar-refractivity contribution in [1.29, 1.82) is 0 Å². The van der Waals surface area contributed by atoms with Gasteiger partial charge in [-0.15, -0.1) is 0 Å². The molecule has 7 heteroatoms. The van der Waals surface area contributed by atoms with Crippen LogP contribution in [0.2, 0.25) is 0 Å². The van der Waals surface area contributed by atoms with Crippen molar-refractivity contribution < 1.29 is 28.2 Å². The molecule has 140 valence electrons. The van der Waals surface area contributed by atoms with E-state index in [0.717, 1.165) is 17.7 Å². The number of hydrogen-bond donors (Lipinski definition) is 2.